The number of ether oxygens (including phenoxy) is 2. The Morgan fingerprint density at radius 2 is 1.69 bits per heavy atom. The highest BCUT2D eigenvalue weighted by Crippen LogP contribution is 2.41. The zero-order valence-electron chi connectivity index (χ0n) is 14.1. The summed E-state index contributed by atoms with van der Waals surface area (Å²) in [4.78, 5) is 12.5. The van der Waals surface area contributed by atoms with Crippen molar-refractivity contribution in [2.24, 2.45) is 0 Å². The van der Waals surface area contributed by atoms with Gasteiger partial charge in [-0.05, 0) is 11.1 Å². The van der Waals surface area contributed by atoms with Gasteiger partial charge >= 0.3 is 0 Å². The summed E-state index contributed by atoms with van der Waals surface area (Å²) in [6.07, 6.45) is -0.158. The van der Waals surface area contributed by atoms with Crippen LogP contribution in [0, 0.1) is 0 Å². The van der Waals surface area contributed by atoms with Crippen LogP contribution >= 0.6 is 0 Å². The summed E-state index contributed by atoms with van der Waals surface area (Å²) in [5.74, 6) is 0.582. The Labute approximate surface area is 151 Å². The highest BCUT2D eigenvalue weighted by atomic mass is 16.5. The highest BCUT2D eigenvalue weighted by Gasteiger charge is 2.30. The van der Waals surface area contributed by atoms with Crippen molar-refractivity contribution in [3.8, 4) is 17.2 Å². The second kappa shape index (κ2) is 6.92. The molecule has 1 N–H and O–H groups in total. The number of Topliss-reactive ketones (excluding diaryl/α,β-unsaturated/α-hetero) is 1. The van der Waals surface area contributed by atoms with E-state index >= 15 is 0 Å². The first-order valence-electron chi connectivity index (χ1n) is 8.49. The molecule has 0 aromatic heterocycles. The van der Waals surface area contributed by atoms with Gasteiger partial charge in [-0.15, -0.1) is 0 Å². The maximum Gasteiger partial charge on any atom is 0.174 e. The Morgan fingerprint density at radius 3 is 2.42 bits per heavy atom. The number of phenols is 1. The molecule has 0 amide bonds. The van der Waals surface area contributed by atoms with Crippen molar-refractivity contribution in [3.05, 3.63) is 89.5 Å². The third kappa shape index (κ3) is 3.26. The Balaban J connectivity index is 1.59. The highest BCUT2D eigenvalue weighted by molar-refractivity contribution is 6.02. The van der Waals surface area contributed by atoms with E-state index in [9.17, 15) is 9.90 Å². The lowest BCUT2D eigenvalue weighted by atomic mass is 9.95. The molecule has 1 aliphatic rings. The van der Waals surface area contributed by atoms with Crippen molar-refractivity contribution in [2.75, 3.05) is 0 Å². The van der Waals surface area contributed by atoms with E-state index in [1.54, 1.807) is 6.07 Å². The van der Waals surface area contributed by atoms with E-state index in [-0.39, 0.29) is 29.6 Å². The molecule has 0 radical (unpaired) electrons. The molecule has 1 atom stereocenters. The number of hydrogen-bond donors (Lipinski definition) is 1. The van der Waals surface area contributed by atoms with Gasteiger partial charge in [0.15, 0.2) is 5.78 Å². The lowest BCUT2D eigenvalue weighted by Crippen LogP contribution is -2.20. The van der Waals surface area contributed by atoms with Crippen molar-refractivity contribution < 1.29 is 19.4 Å². The van der Waals surface area contributed by atoms with Crippen molar-refractivity contribution in [1.29, 1.82) is 0 Å². The van der Waals surface area contributed by atoms with E-state index in [4.69, 9.17) is 9.47 Å². The van der Waals surface area contributed by atoms with Crippen molar-refractivity contribution in [2.45, 2.75) is 19.1 Å². The minimum atomic E-state index is -0.361. The Kier molecular flexibility index (Phi) is 4.32. The minimum Gasteiger partial charge on any atom is -0.507 e. The molecule has 1 unspecified atom stereocenters. The van der Waals surface area contributed by atoms with E-state index in [2.05, 4.69) is 0 Å². The summed E-state index contributed by atoms with van der Waals surface area (Å²) >= 11 is 0. The van der Waals surface area contributed by atoms with Gasteiger partial charge in [-0.1, -0.05) is 60.7 Å². The number of carbonyl (C=O) groups excluding carboxylic acids is 1. The minimum absolute atomic E-state index is 0.109. The number of rotatable bonds is 4. The summed E-state index contributed by atoms with van der Waals surface area (Å²) in [7, 11) is 0. The molecule has 0 aliphatic carbocycles. The normalized spacial score (nSPS) is 15.8. The monoisotopic (exact) mass is 346 g/mol. The first kappa shape index (κ1) is 16.2. The van der Waals surface area contributed by atoms with Crippen LogP contribution in [0.15, 0.2) is 72.8 Å². The van der Waals surface area contributed by atoms with Crippen LogP contribution in [0.25, 0.3) is 0 Å². The number of fused-ring (bicyclic) bond motifs is 1. The molecule has 0 spiro atoms. The van der Waals surface area contributed by atoms with Crippen LogP contribution in [0.2, 0.25) is 0 Å². The van der Waals surface area contributed by atoms with E-state index in [1.165, 1.54) is 6.07 Å². The van der Waals surface area contributed by atoms with E-state index in [0.29, 0.717) is 18.1 Å². The van der Waals surface area contributed by atoms with Crippen molar-refractivity contribution in [1.82, 2.24) is 0 Å². The Bertz CT molecular complexity index is 920. The molecule has 0 fully saturated rings. The predicted molar refractivity (Wildman–Crippen MR) is 97.6 cm³/mol. The van der Waals surface area contributed by atoms with Gasteiger partial charge in [-0.3, -0.25) is 4.79 Å². The van der Waals surface area contributed by atoms with Gasteiger partial charge in [-0.2, -0.15) is 0 Å². The molecule has 4 rings (SSSR count). The van der Waals surface area contributed by atoms with Gasteiger partial charge in [-0.25, -0.2) is 0 Å². The molecular weight excluding hydrogens is 328 g/mol. The van der Waals surface area contributed by atoms with Crippen molar-refractivity contribution >= 4 is 5.78 Å². The van der Waals surface area contributed by atoms with Crippen LogP contribution in [-0.4, -0.2) is 10.9 Å². The maximum atomic E-state index is 12.5. The van der Waals surface area contributed by atoms with Crippen LogP contribution in [0.3, 0.4) is 0 Å². The summed E-state index contributed by atoms with van der Waals surface area (Å²) in [6, 6.07) is 22.5. The Morgan fingerprint density at radius 1 is 1.00 bits per heavy atom. The molecule has 0 saturated carbocycles. The zero-order chi connectivity index (χ0) is 17.9. The lowest BCUT2D eigenvalue weighted by molar-refractivity contribution is 0.0844. The van der Waals surface area contributed by atoms with E-state index < -0.39 is 0 Å². The third-order valence-corrected chi connectivity index (χ3v) is 4.39. The molecule has 0 saturated heterocycles. The smallest absolute Gasteiger partial charge is 0.174 e. The van der Waals surface area contributed by atoms with E-state index in [0.717, 1.165) is 11.1 Å². The molecule has 3 aromatic carbocycles. The molecule has 1 heterocycles. The zero-order valence-corrected chi connectivity index (χ0v) is 14.1. The fourth-order valence-electron chi connectivity index (χ4n) is 3.09. The van der Waals surface area contributed by atoms with Gasteiger partial charge in [0.1, 0.15) is 35.5 Å². The maximum absolute atomic E-state index is 12.5. The summed E-state index contributed by atoms with van der Waals surface area (Å²) < 4.78 is 11.8. The summed E-state index contributed by atoms with van der Waals surface area (Å²) in [6.45, 7) is 0.370. The molecule has 1 aliphatic heterocycles. The second-order valence-electron chi connectivity index (χ2n) is 6.23. The lowest BCUT2D eigenvalue weighted by Gasteiger charge is -2.26. The average molecular weight is 346 g/mol. The third-order valence-electron chi connectivity index (χ3n) is 4.39. The van der Waals surface area contributed by atoms with Crippen LogP contribution in [-0.2, 0) is 6.61 Å². The summed E-state index contributed by atoms with van der Waals surface area (Å²) in [5.41, 5.74) is 2.18. The van der Waals surface area contributed by atoms with Gasteiger partial charge in [0.25, 0.3) is 0 Å². The van der Waals surface area contributed by atoms with Crippen LogP contribution in [0.4, 0.5) is 0 Å². The molecule has 26 heavy (non-hydrogen) atoms. The molecule has 3 aromatic rings. The fourth-order valence-corrected chi connectivity index (χ4v) is 3.09. The quantitative estimate of drug-likeness (QED) is 0.745. The number of ketones is 1. The number of benzene rings is 3. The molecule has 130 valence electrons. The molecule has 0 bridgehead atoms. The number of aromatic hydroxyl groups is 1. The van der Waals surface area contributed by atoms with Crippen LogP contribution in [0.5, 0.6) is 17.2 Å². The summed E-state index contributed by atoms with van der Waals surface area (Å²) in [5, 5.41) is 10.3. The largest absolute Gasteiger partial charge is 0.507 e. The SMILES string of the molecule is O=C1CC(c2ccccc2)Oc2cc(OCc3ccccc3)cc(O)c21. The fraction of sp³-hybridized carbons (Fsp3) is 0.136. The van der Waals surface area contributed by atoms with Gasteiger partial charge in [0.2, 0.25) is 0 Å². The average Bonchev–Trinajstić information content (AvgIpc) is 2.67. The number of hydrogen-bond acceptors (Lipinski definition) is 4. The molecular formula is C22H18O4. The van der Waals surface area contributed by atoms with Crippen LogP contribution < -0.4 is 9.47 Å². The molecule has 4 nitrogen and oxygen atoms in total. The van der Waals surface area contributed by atoms with Gasteiger partial charge in [0, 0.05) is 12.1 Å². The second-order valence-corrected chi connectivity index (χ2v) is 6.23. The first-order valence-corrected chi connectivity index (χ1v) is 8.49. The standard InChI is InChI=1S/C22H18O4/c23-18-11-17(25-14-15-7-3-1-4-8-15)12-21-22(18)19(24)13-20(26-21)16-9-5-2-6-10-16/h1-12,20,23H,13-14H2. The predicted octanol–water partition coefficient (Wildman–Crippen LogP) is 4.68. The molecule has 4 heteroatoms. The Hall–Kier alpha value is -3.27. The van der Waals surface area contributed by atoms with Crippen molar-refractivity contribution in [3.63, 3.8) is 0 Å². The number of phenolic OH excluding ortho intramolecular Hbond substituents is 1. The number of carbonyl (C=O) groups is 1. The first-order chi connectivity index (χ1) is 12.7. The van der Waals surface area contributed by atoms with Gasteiger partial charge in [0.05, 0.1) is 6.42 Å². The topological polar surface area (TPSA) is 55.8 Å². The van der Waals surface area contributed by atoms with Crippen LogP contribution in [0.1, 0.15) is 34.0 Å². The van der Waals surface area contributed by atoms with E-state index in [1.807, 2.05) is 60.7 Å². The van der Waals surface area contributed by atoms with Gasteiger partial charge < -0.3 is 14.6 Å².